The number of aromatic hydroxyl groups is 2. The average Bonchev–Trinajstić information content (AvgIpc) is 3.04. The van der Waals surface area contributed by atoms with Crippen LogP contribution in [-0.4, -0.2) is 21.8 Å². The number of hydrogen-bond acceptors (Lipinski definition) is 8. The molecular weight excluding hydrogens is 607 g/mol. The average molecular weight is 641 g/mol. The number of hydrogen-bond donors (Lipinski definition) is 2. The molecule has 0 bridgehead atoms. The second-order valence-electron chi connectivity index (χ2n) is 11.0. The van der Waals surface area contributed by atoms with Crippen molar-refractivity contribution in [3.8, 4) is 11.5 Å². The van der Waals surface area contributed by atoms with Gasteiger partial charge in [0.05, 0.1) is 21.9 Å². The Labute approximate surface area is 294 Å². The van der Waals surface area contributed by atoms with Crippen molar-refractivity contribution in [3.63, 3.8) is 0 Å². The fourth-order valence-corrected chi connectivity index (χ4v) is 5.63. The predicted octanol–water partition coefficient (Wildman–Crippen LogP) is 4.34. The Morgan fingerprint density at radius 3 is 1.23 bits per heavy atom. The molecule has 6 aromatic rings. The molecule has 0 aliphatic heterocycles. The van der Waals surface area contributed by atoms with Gasteiger partial charge in [0.1, 0.15) is 34.2 Å². The van der Waals surface area contributed by atoms with Crippen molar-refractivity contribution < 1.29 is 59.6 Å². The minimum absolute atomic E-state index is 0. The van der Waals surface area contributed by atoms with Crippen molar-refractivity contribution >= 4 is 33.5 Å². The third kappa shape index (κ3) is 7.97. The summed E-state index contributed by atoms with van der Waals surface area (Å²) in [6.07, 6.45) is 0.251. The number of carbonyl (C=O) groups excluding carboxylic acids is 2. The van der Waals surface area contributed by atoms with Gasteiger partial charge in [0.25, 0.3) is 0 Å². The summed E-state index contributed by atoms with van der Waals surface area (Å²) in [6, 6.07) is 32.0. The van der Waals surface area contributed by atoms with Crippen molar-refractivity contribution in [2.45, 2.75) is 38.5 Å². The molecule has 0 amide bonds. The molecule has 0 radical (unpaired) electrons. The van der Waals surface area contributed by atoms with E-state index in [9.17, 15) is 29.4 Å². The maximum atomic E-state index is 12.4. The molecule has 0 saturated carbocycles. The van der Waals surface area contributed by atoms with Gasteiger partial charge in [0.2, 0.25) is 0 Å². The van der Waals surface area contributed by atoms with E-state index in [1.165, 1.54) is 13.8 Å². The minimum atomic E-state index is -0.615. The molecule has 0 fully saturated rings. The maximum absolute atomic E-state index is 12.4. The van der Waals surface area contributed by atoms with Gasteiger partial charge in [-0.1, -0.05) is 84.9 Å². The standard InChI is InChI=1S/2C19H16O4.Na.H/c2*1-12(20)11-15(13-7-3-2-4-8-13)17-18(21)14-9-5-6-10-16(14)23-19(17)22;;/h2*2-10,15,21H,11H2,1H3;;/q;;+1;-1. The van der Waals surface area contributed by atoms with Gasteiger partial charge in [0, 0.05) is 24.7 Å². The number of para-hydroxylation sites is 2. The van der Waals surface area contributed by atoms with Crippen molar-refractivity contribution in [1.82, 2.24) is 0 Å². The number of benzene rings is 4. The summed E-state index contributed by atoms with van der Waals surface area (Å²) in [5.74, 6) is -1.43. The zero-order chi connectivity index (χ0) is 32.8. The predicted molar refractivity (Wildman–Crippen MR) is 177 cm³/mol. The normalized spacial score (nSPS) is 12.0. The molecule has 2 N–H and O–H groups in total. The summed E-state index contributed by atoms with van der Waals surface area (Å²) in [5.41, 5.74) is 1.27. The molecule has 8 nitrogen and oxygen atoms in total. The SMILES string of the molecule is CC(=O)CC(c1ccccc1)c1c(O)c2ccccc2oc1=O.CC(=O)CC(c1ccccc1)c1c(O)c2ccccc2oc1=O.[H-].[Na+]. The molecule has 0 spiro atoms. The Kier molecular flexibility index (Phi) is 11.7. The van der Waals surface area contributed by atoms with Crippen LogP contribution in [0.25, 0.3) is 21.9 Å². The van der Waals surface area contributed by atoms with Crippen LogP contribution >= 0.6 is 0 Å². The Balaban J connectivity index is 0.000000250. The van der Waals surface area contributed by atoms with Crippen molar-refractivity contribution in [1.29, 1.82) is 0 Å². The van der Waals surface area contributed by atoms with E-state index in [0.717, 1.165) is 11.1 Å². The smallest absolute Gasteiger partial charge is 1.00 e. The van der Waals surface area contributed by atoms with Gasteiger partial charge in [-0.2, -0.15) is 0 Å². The third-order valence-corrected chi connectivity index (χ3v) is 7.72. The first-order chi connectivity index (χ1) is 22.2. The molecule has 2 atom stereocenters. The van der Waals surface area contributed by atoms with Gasteiger partial charge in [-0.3, -0.25) is 9.59 Å². The Hall–Kier alpha value is -4.76. The number of ketones is 2. The van der Waals surface area contributed by atoms with Crippen molar-refractivity contribution in [2.75, 3.05) is 0 Å². The number of Topliss-reactive ketones (excluding diaryl/α,β-unsaturated/α-hetero) is 2. The summed E-state index contributed by atoms with van der Waals surface area (Å²) in [5, 5.41) is 22.1. The van der Waals surface area contributed by atoms with Gasteiger partial charge in [0.15, 0.2) is 0 Å². The molecule has 234 valence electrons. The zero-order valence-electron chi connectivity index (χ0n) is 27.3. The summed E-state index contributed by atoms with van der Waals surface area (Å²) < 4.78 is 10.7. The minimum Gasteiger partial charge on any atom is -1.00 e. The monoisotopic (exact) mass is 640 g/mol. The molecule has 0 saturated heterocycles. The van der Waals surface area contributed by atoms with E-state index in [0.29, 0.717) is 21.9 Å². The van der Waals surface area contributed by atoms with Crippen molar-refractivity contribution in [2.24, 2.45) is 0 Å². The van der Waals surface area contributed by atoms with Gasteiger partial charge in [-0.25, -0.2) is 9.59 Å². The molecular formula is C38H33NaO8. The van der Waals surface area contributed by atoms with Crippen LogP contribution in [0.5, 0.6) is 11.5 Å². The van der Waals surface area contributed by atoms with E-state index >= 15 is 0 Å². The summed E-state index contributed by atoms with van der Waals surface area (Å²) in [4.78, 5) is 48.2. The van der Waals surface area contributed by atoms with Crippen molar-refractivity contribution in [3.05, 3.63) is 152 Å². The van der Waals surface area contributed by atoms with Gasteiger partial charge >= 0.3 is 40.8 Å². The first-order valence-electron chi connectivity index (χ1n) is 14.7. The van der Waals surface area contributed by atoms with Gasteiger partial charge in [-0.05, 0) is 49.2 Å². The Morgan fingerprint density at radius 2 is 0.894 bits per heavy atom. The van der Waals surface area contributed by atoms with Crippen LogP contribution < -0.4 is 40.8 Å². The summed E-state index contributed by atoms with van der Waals surface area (Å²) in [7, 11) is 0. The van der Waals surface area contributed by atoms with E-state index in [4.69, 9.17) is 8.83 Å². The first kappa shape index (κ1) is 35.1. The van der Waals surface area contributed by atoms with Gasteiger partial charge in [-0.15, -0.1) is 0 Å². The van der Waals surface area contributed by atoms with Crippen LogP contribution in [0, 0.1) is 0 Å². The third-order valence-electron chi connectivity index (χ3n) is 7.72. The van der Waals surface area contributed by atoms with Crippen LogP contribution in [0.1, 0.15) is 62.2 Å². The molecule has 2 unspecified atom stereocenters. The zero-order valence-corrected chi connectivity index (χ0v) is 28.3. The molecule has 0 aliphatic carbocycles. The molecule has 4 aromatic carbocycles. The molecule has 6 rings (SSSR count). The Bertz CT molecular complexity index is 1990. The van der Waals surface area contributed by atoms with Gasteiger partial charge < -0.3 is 20.5 Å². The summed E-state index contributed by atoms with van der Waals surface area (Å²) in [6.45, 7) is 2.94. The molecule has 47 heavy (non-hydrogen) atoms. The molecule has 2 aromatic heterocycles. The molecule has 9 heteroatoms. The summed E-state index contributed by atoms with van der Waals surface area (Å²) >= 11 is 0. The van der Waals surface area contributed by atoms with E-state index in [-0.39, 0.29) is 78.0 Å². The van der Waals surface area contributed by atoms with E-state index in [1.807, 2.05) is 60.7 Å². The van der Waals surface area contributed by atoms with Crippen LogP contribution in [0.3, 0.4) is 0 Å². The van der Waals surface area contributed by atoms with E-state index in [2.05, 4.69) is 0 Å². The quantitative estimate of drug-likeness (QED) is 0.185. The number of fused-ring (bicyclic) bond motifs is 2. The Morgan fingerprint density at radius 1 is 0.574 bits per heavy atom. The largest absolute Gasteiger partial charge is 1.00 e. The fraction of sp³-hybridized carbons (Fsp3) is 0.158. The van der Waals surface area contributed by atoms with Crippen LogP contribution in [0.4, 0.5) is 0 Å². The van der Waals surface area contributed by atoms with Crippen LogP contribution in [0.15, 0.2) is 128 Å². The fourth-order valence-electron chi connectivity index (χ4n) is 5.63. The number of carbonyl (C=O) groups is 2. The molecule has 2 heterocycles. The second-order valence-corrected chi connectivity index (χ2v) is 11.0. The van der Waals surface area contributed by atoms with E-state index in [1.54, 1.807) is 48.5 Å². The van der Waals surface area contributed by atoms with E-state index < -0.39 is 23.1 Å². The first-order valence-corrected chi connectivity index (χ1v) is 14.7. The number of rotatable bonds is 8. The maximum Gasteiger partial charge on any atom is 1.00 e. The topological polar surface area (TPSA) is 135 Å². The second kappa shape index (κ2) is 15.7. The van der Waals surface area contributed by atoms with Crippen LogP contribution in [-0.2, 0) is 9.59 Å². The van der Waals surface area contributed by atoms with Crippen LogP contribution in [0.2, 0.25) is 0 Å². The molecule has 0 aliphatic rings.